The molecule has 14 heavy (non-hydrogen) atoms. The van der Waals surface area contributed by atoms with Crippen LogP contribution in [-0.4, -0.2) is 6.29 Å². The molecule has 0 bridgehead atoms. The minimum atomic E-state index is 0.730. The Morgan fingerprint density at radius 2 is 1.64 bits per heavy atom. The van der Waals surface area contributed by atoms with Crippen LogP contribution in [0.5, 0.6) is 0 Å². The number of rotatable bonds is 1. The van der Waals surface area contributed by atoms with E-state index in [0.29, 0.717) is 0 Å². The Morgan fingerprint density at radius 1 is 1.00 bits per heavy atom. The van der Waals surface area contributed by atoms with Gasteiger partial charge in [0.05, 0.1) is 0 Å². The van der Waals surface area contributed by atoms with Crippen molar-refractivity contribution in [3.8, 4) is 6.57 Å². The lowest BCUT2D eigenvalue weighted by Crippen LogP contribution is -1.78. The summed E-state index contributed by atoms with van der Waals surface area (Å²) in [5.74, 6) is 0. The van der Waals surface area contributed by atoms with Crippen LogP contribution < -0.4 is 0 Å². The van der Waals surface area contributed by atoms with Crippen molar-refractivity contribution in [3.63, 3.8) is 0 Å². The second-order valence-corrected chi connectivity index (χ2v) is 2.72. The quantitative estimate of drug-likeness (QED) is 0.638. The van der Waals surface area contributed by atoms with Gasteiger partial charge in [-0.15, -0.1) is 0 Å². The Morgan fingerprint density at radius 3 is 2.29 bits per heavy atom. The Balaban J connectivity index is 0.000000461. The number of aldehydes is 1. The van der Waals surface area contributed by atoms with Gasteiger partial charge < -0.3 is 0 Å². The Labute approximate surface area is 82.4 Å². The number of nitrogens with zero attached hydrogens (tertiary/aromatic N) is 1. The monoisotopic (exact) mass is 183 g/mol. The molecule has 0 aliphatic carbocycles. The number of fused-ring (bicyclic) bond motifs is 1. The summed E-state index contributed by atoms with van der Waals surface area (Å²) in [4.78, 5) is 10.5. The van der Waals surface area contributed by atoms with Gasteiger partial charge in [-0.2, -0.15) is 0 Å². The van der Waals surface area contributed by atoms with Gasteiger partial charge in [0.2, 0.25) is 0 Å². The highest BCUT2D eigenvalue weighted by Gasteiger charge is 1.92. The van der Waals surface area contributed by atoms with Crippen LogP contribution in [0.25, 0.3) is 10.8 Å². The molecule has 2 nitrogen and oxygen atoms in total. The third-order valence-electron chi connectivity index (χ3n) is 1.91. The Bertz CT molecular complexity index is 460. The summed E-state index contributed by atoms with van der Waals surface area (Å²) in [5.41, 5.74) is 0.730. The maximum Gasteiger partial charge on any atom is 0.150 e. The Hall–Kier alpha value is -2.14. The molecule has 0 aliphatic rings. The van der Waals surface area contributed by atoms with E-state index in [0.717, 1.165) is 17.2 Å². The van der Waals surface area contributed by atoms with Crippen LogP contribution in [0.15, 0.2) is 42.5 Å². The van der Waals surface area contributed by atoms with Crippen LogP contribution in [0.3, 0.4) is 0 Å². The molecular formula is C12H9NO. The molecule has 0 radical (unpaired) electrons. The minimum absolute atomic E-state index is 0.730. The number of nitriles is 1. The lowest BCUT2D eigenvalue weighted by molar-refractivity contribution is 0.112. The third kappa shape index (κ3) is 1.96. The smallest absolute Gasteiger partial charge is 0.150 e. The van der Waals surface area contributed by atoms with E-state index in [1.54, 1.807) is 0 Å². The fraction of sp³-hybridized carbons (Fsp3) is 0. The SMILES string of the molecule is C#N.O=Cc1ccc2ccccc2c1. The van der Waals surface area contributed by atoms with E-state index in [1.807, 2.05) is 42.5 Å². The van der Waals surface area contributed by atoms with Crippen LogP contribution >= 0.6 is 0 Å². The highest BCUT2D eigenvalue weighted by Crippen LogP contribution is 2.14. The average molecular weight is 183 g/mol. The van der Waals surface area contributed by atoms with E-state index in [2.05, 4.69) is 6.57 Å². The van der Waals surface area contributed by atoms with Gasteiger partial charge in [-0.1, -0.05) is 36.4 Å². The number of hydrogen-bond acceptors (Lipinski definition) is 2. The van der Waals surface area contributed by atoms with Crippen LogP contribution in [0.2, 0.25) is 0 Å². The van der Waals surface area contributed by atoms with Crippen molar-refractivity contribution in [2.24, 2.45) is 0 Å². The largest absolute Gasteiger partial charge is 0.298 e. The van der Waals surface area contributed by atoms with Crippen molar-refractivity contribution < 1.29 is 4.79 Å². The average Bonchev–Trinajstić information content (AvgIpc) is 2.31. The maximum absolute atomic E-state index is 10.5. The van der Waals surface area contributed by atoms with Crippen molar-refractivity contribution in [1.82, 2.24) is 0 Å². The van der Waals surface area contributed by atoms with E-state index >= 15 is 0 Å². The molecule has 0 spiro atoms. The topological polar surface area (TPSA) is 40.9 Å². The standard InChI is InChI=1S/C11H8O.CHN/c12-8-9-5-6-10-3-1-2-4-11(10)7-9;1-2/h1-8H;1H. The molecule has 68 valence electrons. The Kier molecular flexibility index (Phi) is 3.40. The number of benzene rings is 2. The first kappa shape index (κ1) is 9.94. The predicted octanol–water partition coefficient (Wildman–Crippen LogP) is 2.79. The molecule has 2 rings (SSSR count). The lowest BCUT2D eigenvalue weighted by atomic mass is 10.1. The van der Waals surface area contributed by atoms with Gasteiger partial charge in [0.1, 0.15) is 6.29 Å². The van der Waals surface area contributed by atoms with Crippen molar-refractivity contribution in [1.29, 1.82) is 5.26 Å². The van der Waals surface area contributed by atoms with E-state index < -0.39 is 0 Å². The van der Waals surface area contributed by atoms with Crippen molar-refractivity contribution >= 4 is 17.1 Å². The molecule has 0 amide bonds. The summed E-state index contributed by atoms with van der Waals surface area (Å²) in [5, 5.41) is 8.78. The van der Waals surface area contributed by atoms with Crippen molar-refractivity contribution in [3.05, 3.63) is 48.0 Å². The second-order valence-electron chi connectivity index (χ2n) is 2.72. The molecule has 0 fully saturated rings. The molecule has 0 aromatic heterocycles. The zero-order valence-electron chi connectivity index (χ0n) is 7.55. The highest BCUT2D eigenvalue weighted by molar-refractivity contribution is 5.88. The molecule has 0 saturated carbocycles. The molecule has 2 aromatic rings. The minimum Gasteiger partial charge on any atom is -0.298 e. The fourth-order valence-electron chi connectivity index (χ4n) is 1.28. The van der Waals surface area contributed by atoms with Crippen LogP contribution in [-0.2, 0) is 0 Å². The number of carbonyl (C=O) groups excluding carboxylic acids is 1. The maximum atomic E-state index is 10.5. The molecular weight excluding hydrogens is 174 g/mol. The summed E-state index contributed by atoms with van der Waals surface area (Å²) in [6.45, 7) is 3.50. The van der Waals surface area contributed by atoms with E-state index in [-0.39, 0.29) is 0 Å². The summed E-state index contributed by atoms with van der Waals surface area (Å²) in [7, 11) is 0. The zero-order valence-corrected chi connectivity index (χ0v) is 7.55. The molecule has 0 atom stereocenters. The van der Waals surface area contributed by atoms with Gasteiger partial charge in [-0.3, -0.25) is 4.79 Å². The highest BCUT2D eigenvalue weighted by atomic mass is 16.1. The summed E-state index contributed by atoms with van der Waals surface area (Å²) >= 11 is 0. The van der Waals surface area contributed by atoms with E-state index in [1.165, 1.54) is 5.39 Å². The lowest BCUT2D eigenvalue weighted by Gasteiger charge is -1.96. The van der Waals surface area contributed by atoms with Gasteiger partial charge in [-0.05, 0) is 16.8 Å². The van der Waals surface area contributed by atoms with Gasteiger partial charge in [0.25, 0.3) is 0 Å². The van der Waals surface area contributed by atoms with Crippen molar-refractivity contribution in [2.45, 2.75) is 0 Å². The van der Waals surface area contributed by atoms with E-state index in [4.69, 9.17) is 5.26 Å². The summed E-state index contributed by atoms with van der Waals surface area (Å²) < 4.78 is 0. The van der Waals surface area contributed by atoms with Crippen LogP contribution in [0.4, 0.5) is 0 Å². The fourth-order valence-corrected chi connectivity index (χ4v) is 1.28. The predicted molar refractivity (Wildman–Crippen MR) is 56.0 cm³/mol. The van der Waals surface area contributed by atoms with Gasteiger partial charge >= 0.3 is 0 Å². The first-order chi connectivity index (χ1) is 6.90. The van der Waals surface area contributed by atoms with Gasteiger partial charge in [0, 0.05) is 12.1 Å². The van der Waals surface area contributed by atoms with Crippen LogP contribution in [0, 0.1) is 11.8 Å². The molecule has 0 saturated heterocycles. The molecule has 0 aliphatic heterocycles. The number of hydrogen-bond donors (Lipinski definition) is 0. The molecule has 2 aromatic carbocycles. The van der Waals surface area contributed by atoms with E-state index in [9.17, 15) is 4.79 Å². The summed E-state index contributed by atoms with van der Waals surface area (Å²) in [6, 6.07) is 13.7. The second kappa shape index (κ2) is 4.78. The zero-order chi connectivity index (χ0) is 10.4. The summed E-state index contributed by atoms with van der Waals surface area (Å²) in [6.07, 6.45) is 0.867. The van der Waals surface area contributed by atoms with Crippen molar-refractivity contribution in [2.75, 3.05) is 0 Å². The van der Waals surface area contributed by atoms with Gasteiger partial charge in [-0.25, -0.2) is 5.26 Å². The van der Waals surface area contributed by atoms with Gasteiger partial charge in [0.15, 0.2) is 0 Å². The molecule has 0 heterocycles. The first-order valence-corrected chi connectivity index (χ1v) is 4.10. The first-order valence-electron chi connectivity index (χ1n) is 4.10. The molecule has 0 N–H and O–H groups in total. The van der Waals surface area contributed by atoms with Crippen LogP contribution in [0.1, 0.15) is 10.4 Å². The third-order valence-corrected chi connectivity index (χ3v) is 1.91. The molecule has 0 unspecified atom stereocenters. The molecule has 2 heteroatoms. The normalized spacial score (nSPS) is 8.71. The number of carbonyl (C=O) groups is 1.